The predicted molar refractivity (Wildman–Crippen MR) is 294 cm³/mol. The van der Waals surface area contributed by atoms with E-state index in [1.807, 2.05) is 0 Å². The molecule has 1 atom stereocenters. The van der Waals surface area contributed by atoms with Gasteiger partial charge in [-0.05, 0) is 25.7 Å². The van der Waals surface area contributed by atoms with Gasteiger partial charge in [-0.15, -0.1) is 0 Å². The van der Waals surface area contributed by atoms with Gasteiger partial charge in [-0.2, -0.15) is 0 Å². The van der Waals surface area contributed by atoms with Crippen LogP contribution in [-0.2, 0) is 14.3 Å². The lowest BCUT2D eigenvalue weighted by Crippen LogP contribution is -2.13. The van der Waals surface area contributed by atoms with E-state index >= 15 is 0 Å². The average molecular weight is 934 g/mol. The van der Waals surface area contributed by atoms with Crippen molar-refractivity contribution in [3.63, 3.8) is 0 Å². The molecule has 0 saturated heterocycles. The molecule has 66 heavy (non-hydrogen) atoms. The molecule has 0 rings (SSSR count). The van der Waals surface area contributed by atoms with Gasteiger partial charge in [-0.1, -0.05) is 342 Å². The van der Waals surface area contributed by atoms with E-state index in [1.54, 1.807) is 0 Å². The summed E-state index contributed by atoms with van der Waals surface area (Å²) in [5.74, 6) is -0.630. The third-order valence-corrected chi connectivity index (χ3v) is 14.4. The highest BCUT2D eigenvalue weighted by Gasteiger charge is 2.16. The molecule has 0 aromatic heterocycles. The topological polar surface area (TPSA) is 63.6 Å². The van der Waals surface area contributed by atoms with Crippen LogP contribution in [0.3, 0.4) is 0 Å². The molecular formula is C62H124O4. The SMILES string of the molecule is CCCCCCCCCCCCCCCCC(CCCCCCCCCCCCC)C(=O)O.CCCCCCCCCCCCCCCCCC(=O)OCCCCCCCCCCCCC. The number of unbranched alkanes of at least 4 members (excludes halogenated alkanes) is 47. The van der Waals surface area contributed by atoms with Crippen LogP contribution in [0.4, 0.5) is 0 Å². The molecule has 0 amide bonds. The van der Waals surface area contributed by atoms with E-state index in [0.29, 0.717) is 13.0 Å². The minimum Gasteiger partial charge on any atom is -0.481 e. The lowest BCUT2D eigenvalue weighted by atomic mass is 9.94. The monoisotopic (exact) mass is 933 g/mol. The molecule has 0 aromatic carbocycles. The normalized spacial score (nSPS) is 11.8. The van der Waals surface area contributed by atoms with Gasteiger partial charge in [0.05, 0.1) is 12.5 Å². The van der Waals surface area contributed by atoms with Crippen molar-refractivity contribution >= 4 is 11.9 Å². The Morgan fingerprint density at radius 3 is 0.712 bits per heavy atom. The second kappa shape index (κ2) is 62.0. The van der Waals surface area contributed by atoms with E-state index in [1.165, 1.54) is 302 Å². The highest BCUT2D eigenvalue weighted by atomic mass is 16.5. The zero-order chi connectivity index (χ0) is 48.3. The van der Waals surface area contributed by atoms with Crippen LogP contribution in [0.5, 0.6) is 0 Å². The first-order valence-corrected chi connectivity index (χ1v) is 30.9. The van der Waals surface area contributed by atoms with E-state index in [4.69, 9.17) is 4.74 Å². The zero-order valence-electron chi connectivity index (χ0n) is 46.1. The van der Waals surface area contributed by atoms with Crippen LogP contribution in [0.1, 0.15) is 374 Å². The van der Waals surface area contributed by atoms with E-state index < -0.39 is 5.97 Å². The Bertz CT molecular complexity index is 885. The Morgan fingerprint density at radius 2 is 0.485 bits per heavy atom. The number of ether oxygens (including phenoxy) is 1. The summed E-state index contributed by atoms with van der Waals surface area (Å²) >= 11 is 0. The highest BCUT2D eigenvalue weighted by Crippen LogP contribution is 2.21. The summed E-state index contributed by atoms with van der Waals surface area (Å²) in [6.45, 7) is 9.75. The number of carboxylic acid groups (broad SMARTS) is 1. The van der Waals surface area contributed by atoms with Crippen molar-refractivity contribution in [3.05, 3.63) is 0 Å². The molecule has 0 aromatic rings. The fraction of sp³-hybridized carbons (Fsp3) is 0.968. The first kappa shape index (κ1) is 67.0. The smallest absolute Gasteiger partial charge is 0.306 e. The molecule has 0 spiro atoms. The van der Waals surface area contributed by atoms with Crippen LogP contribution >= 0.6 is 0 Å². The lowest BCUT2D eigenvalue weighted by Gasteiger charge is -2.12. The summed E-state index contributed by atoms with van der Waals surface area (Å²) in [7, 11) is 0. The minimum absolute atomic E-state index is 0.0248. The molecule has 0 fully saturated rings. The van der Waals surface area contributed by atoms with Crippen molar-refractivity contribution in [1.29, 1.82) is 0 Å². The summed E-state index contributed by atoms with van der Waals surface area (Å²) < 4.78 is 5.40. The predicted octanol–water partition coefficient (Wildman–Crippen LogP) is 22.4. The van der Waals surface area contributed by atoms with Gasteiger partial charge in [0.2, 0.25) is 0 Å². The molecular weight excluding hydrogens is 809 g/mol. The van der Waals surface area contributed by atoms with E-state index in [2.05, 4.69) is 27.7 Å². The quantitative estimate of drug-likeness (QED) is 0.0488. The summed E-state index contributed by atoms with van der Waals surface area (Å²) in [4.78, 5) is 23.4. The second-order valence-corrected chi connectivity index (χ2v) is 21.2. The van der Waals surface area contributed by atoms with Gasteiger partial charge in [-0.25, -0.2) is 0 Å². The molecule has 0 radical (unpaired) electrons. The van der Waals surface area contributed by atoms with Crippen molar-refractivity contribution in [3.8, 4) is 0 Å². The number of carboxylic acids is 1. The molecule has 4 heteroatoms. The number of aliphatic carboxylic acids is 1. The number of carbonyl (C=O) groups is 2. The van der Waals surface area contributed by atoms with E-state index in [-0.39, 0.29) is 11.9 Å². The Labute approximate surface area is 416 Å². The van der Waals surface area contributed by atoms with Crippen LogP contribution in [-0.4, -0.2) is 23.7 Å². The number of esters is 1. The highest BCUT2D eigenvalue weighted by molar-refractivity contribution is 5.70. The van der Waals surface area contributed by atoms with Gasteiger partial charge in [0.15, 0.2) is 0 Å². The third-order valence-electron chi connectivity index (χ3n) is 14.4. The number of rotatable bonds is 56. The van der Waals surface area contributed by atoms with Gasteiger partial charge < -0.3 is 9.84 Å². The average Bonchev–Trinajstić information content (AvgIpc) is 3.31. The first-order chi connectivity index (χ1) is 32.5. The van der Waals surface area contributed by atoms with Gasteiger partial charge >= 0.3 is 11.9 Å². The van der Waals surface area contributed by atoms with Gasteiger partial charge in [0.25, 0.3) is 0 Å². The molecule has 0 aliphatic rings. The molecule has 1 N–H and O–H groups in total. The molecule has 0 saturated carbocycles. The van der Waals surface area contributed by atoms with Crippen molar-refractivity contribution in [2.75, 3.05) is 6.61 Å². The van der Waals surface area contributed by atoms with Crippen LogP contribution in [0, 0.1) is 5.92 Å². The maximum atomic E-state index is 11.8. The van der Waals surface area contributed by atoms with Crippen LogP contribution < -0.4 is 0 Å². The molecule has 4 nitrogen and oxygen atoms in total. The maximum absolute atomic E-state index is 11.8. The molecule has 0 bridgehead atoms. The van der Waals surface area contributed by atoms with Crippen molar-refractivity contribution in [1.82, 2.24) is 0 Å². The zero-order valence-corrected chi connectivity index (χ0v) is 46.1. The first-order valence-electron chi connectivity index (χ1n) is 30.9. The van der Waals surface area contributed by atoms with Crippen LogP contribution in [0.2, 0.25) is 0 Å². The largest absolute Gasteiger partial charge is 0.481 e. The van der Waals surface area contributed by atoms with Crippen LogP contribution in [0.15, 0.2) is 0 Å². The summed E-state index contributed by atoms with van der Waals surface area (Å²) in [5.41, 5.74) is 0. The third kappa shape index (κ3) is 61.0. The number of hydrogen-bond donors (Lipinski definition) is 1. The Hall–Kier alpha value is -1.06. The second-order valence-electron chi connectivity index (χ2n) is 21.2. The molecule has 1 unspecified atom stereocenters. The lowest BCUT2D eigenvalue weighted by molar-refractivity contribution is -0.144. The van der Waals surface area contributed by atoms with Crippen molar-refractivity contribution in [2.45, 2.75) is 374 Å². The summed E-state index contributed by atoms with van der Waals surface area (Å²) in [5, 5.41) is 9.54. The van der Waals surface area contributed by atoms with Crippen LogP contribution in [0.25, 0.3) is 0 Å². The minimum atomic E-state index is -0.559. The maximum Gasteiger partial charge on any atom is 0.306 e. The Morgan fingerprint density at radius 1 is 0.288 bits per heavy atom. The molecule has 0 aliphatic heterocycles. The number of carbonyl (C=O) groups excluding carboxylic acids is 1. The molecule has 0 heterocycles. The van der Waals surface area contributed by atoms with Gasteiger partial charge in [0.1, 0.15) is 0 Å². The summed E-state index contributed by atoms with van der Waals surface area (Å²) in [6.07, 6.45) is 71.2. The Balaban J connectivity index is 0. The molecule has 0 aliphatic carbocycles. The van der Waals surface area contributed by atoms with Crippen molar-refractivity contribution < 1.29 is 19.4 Å². The van der Waals surface area contributed by atoms with E-state index in [0.717, 1.165) is 38.5 Å². The van der Waals surface area contributed by atoms with Gasteiger partial charge in [-0.3, -0.25) is 9.59 Å². The van der Waals surface area contributed by atoms with E-state index in [9.17, 15) is 14.7 Å². The standard InChI is InChI=1S/2C31H62O2/c1-3-5-7-9-11-13-15-16-17-18-19-21-23-25-27-29-31(32)33-30-28-26-24-22-20-14-12-10-8-6-4-2;1-3-5-7-9-11-13-15-16-17-19-21-23-25-27-29-30(31(32)33)28-26-24-22-20-18-14-12-10-8-6-4-2/h3-30H2,1-2H3;30H,3-29H2,1-2H3,(H,32,33). The van der Waals surface area contributed by atoms with Crippen molar-refractivity contribution in [2.24, 2.45) is 5.92 Å². The number of hydrogen-bond acceptors (Lipinski definition) is 3. The summed E-state index contributed by atoms with van der Waals surface area (Å²) in [6, 6.07) is 0. The Kier molecular flexibility index (Phi) is 62.9. The molecule has 396 valence electrons. The fourth-order valence-corrected chi connectivity index (χ4v) is 9.70. The van der Waals surface area contributed by atoms with Gasteiger partial charge in [0, 0.05) is 6.42 Å². The fourth-order valence-electron chi connectivity index (χ4n) is 9.70.